The van der Waals surface area contributed by atoms with Crippen molar-refractivity contribution in [1.82, 2.24) is 10.3 Å². The van der Waals surface area contributed by atoms with E-state index < -0.39 is 0 Å². The first-order valence-electron chi connectivity index (χ1n) is 7.87. The number of rotatable bonds is 8. The molecule has 1 aromatic carbocycles. The van der Waals surface area contributed by atoms with Crippen LogP contribution < -0.4 is 15.4 Å². The van der Waals surface area contributed by atoms with Gasteiger partial charge in [0, 0.05) is 24.5 Å². The van der Waals surface area contributed by atoms with Crippen LogP contribution in [0.4, 0.5) is 11.4 Å². The number of nitrogens with zero attached hydrogens (tertiary/aromatic N) is 1. The summed E-state index contributed by atoms with van der Waals surface area (Å²) in [5.74, 6) is 0.677. The third-order valence-electron chi connectivity index (χ3n) is 3.42. The summed E-state index contributed by atoms with van der Waals surface area (Å²) >= 11 is 0. The fourth-order valence-electron chi connectivity index (χ4n) is 2.18. The number of aromatic nitrogens is 1. The summed E-state index contributed by atoms with van der Waals surface area (Å²) in [7, 11) is 1.63. The van der Waals surface area contributed by atoms with E-state index in [9.17, 15) is 4.79 Å². The zero-order valence-corrected chi connectivity index (χ0v) is 13.6. The van der Waals surface area contributed by atoms with E-state index in [-0.39, 0.29) is 5.91 Å². The van der Waals surface area contributed by atoms with Crippen LogP contribution in [0.5, 0.6) is 5.75 Å². The van der Waals surface area contributed by atoms with Crippen LogP contribution in [-0.2, 0) is 0 Å². The fraction of sp³-hybridized carbons (Fsp3) is 0.333. The third kappa shape index (κ3) is 5.29. The number of nitrogens with one attached hydrogen (secondary N) is 2. The van der Waals surface area contributed by atoms with Crippen LogP contribution in [0.3, 0.4) is 0 Å². The van der Waals surface area contributed by atoms with Gasteiger partial charge in [-0.3, -0.25) is 9.78 Å². The lowest BCUT2D eigenvalue weighted by molar-refractivity contribution is 0.0952. The molecule has 23 heavy (non-hydrogen) atoms. The molecule has 0 atom stereocenters. The minimum Gasteiger partial charge on any atom is -0.497 e. The van der Waals surface area contributed by atoms with Crippen molar-refractivity contribution in [1.29, 1.82) is 0 Å². The number of ether oxygens (including phenoxy) is 1. The van der Waals surface area contributed by atoms with Crippen molar-refractivity contribution in [3.8, 4) is 5.75 Å². The van der Waals surface area contributed by atoms with E-state index in [0.29, 0.717) is 12.1 Å². The summed E-state index contributed by atoms with van der Waals surface area (Å²) in [6.45, 7) is 2.83. The first-order valence-corrected chi connectivity index (χ1v) is 7.87. The average Bonchev–Trinajstić information content (AvgIpc) is 2.59. The first-order chi connectivity index (χ1) is 11.2. The smallest absolute Gasteiger partial charge is 0.252 e. The summed E-state index contributed by atoms with van der Waals surface area (Å²) in [6, 6.07) is 9.39. The third-order valence-corrected chi connectivity index (χ3v) is 3.42. The van der Waals surface area contributed by atoms with Gasteiger partial charge in [0.05, 0.1) is 24.6 Å². The molecule has 0 unspecified atom stereocenters. The number of carbonyl (C=O) groups excluding carboxylic acids is 1. The van der Waals surface area contributed by atoms with Crippen LogP contribution in [0, 0.1) is 0 Å². The molecule has 5 nitrogen and oxygen atoms in total. The molecule has 0 aliphatic heterocycles. The molecule has 0 aliphatic carbocycles. The molecule has 2 rings (SSSR count). The lowest BCUT2D eigenvalue weighted by Crippen LogP contribution is -2.24. The van der Waals surface area contributed by atoms with Crippen LogP contribution >= 0.6 is 0 Å². The number of amides is 1. The van der Waals surface area contributed by atoms with Crippen molar-refractivity contribution in [3.05, 3.63) is 48.3 Å². The Morgan fingerprint density at radius 1 is 1.17 bits per heavy atom. The molecule has 1 heterocycles. The van der Waals surface area contributed by atoms with Crippen molar-refractivity contribution in [2.45, 2.75) is 26.2 Å². The molecule has 0 aliphatic rings. The Morgan fingerprint density at radius 3 is 2.83 bits per heavy atom. The number of benzene rings is 1. The highest BCUT2D eigenvalue weighted by molar-refractivity contribution is 5.94. The van der Waals surface area contributed by atoms with E-state index in [2.05, 4.69) is 22.5 Å². The molecule has 5 heteroatoms. The molecule has 0 saturated heterocycles. The van der Waals surface area contributed by atoms with Gasteiger partial charge in [-0.25, -0.2) is 0 Å². The zero-order chi connectivity index (χ0) is 16.5. The maximum absolute atomic E-state index is 12.1. The average molecular weight is 313 g/mol. The number of unbranched alkanes of at least 4 members (excludes halogenated alkanes) is 2. The summed E-state index contributed by atoms with van der Waals surface area (Å²) in [6.07, 6.45) is 6.52. The second kappa shape index (κ2) is 8.78. The number of hydrogen-bond acceptors (Lipinski definition) is 4. The largest absolute Gasteiger partial charge is 0.497 e. The van der Waals surface area contributed by atoms with Crippen LogP contribution in [0.25, 0.3) is 0 Å². The summed E-state index contributed by atoms with van der Waals surface area (Å²) in [5, 5.41) is 6.14. The minimum absolute atomic E-state index is 0.0945. The molecule has 0 saturated carbocycles. The standard InChI is InChI=1S/C18H23N3O2/c1-3-4-5-9-20-18(22)14-10-16(13-19-12-14)21-15-7-6-8-17(11-15)23-2/h6-8,10-13,21H,3-5,9H2,1-2H3,(H,20,22). The Kier molecular flexibility index (Phi) is 6.41. The Morgan fingerprint density at radius 2 is 2.04 bits per heavy atom. The van der Waals surface area contributed by atoms with E-state index in [1.54, 1.807) is 25.6 Å². The van der Waals surface area contributed by atoms with Gasteiger partial charge in [0.25, 0.3) is 5.91 Å². The van der Waals surface area contributed by atoms with Gasteiger partial charge in [-0.2, -0.15) is 0 Å². The van der Waals surface area contributed by atoms with Crippen molar-refractivity contribution in [2.75, 3.05) is 19.0 Å². The molecule has 1 aromatic heterocycles. The van der Waals surface area contributed by atoms with Gasteiger partial charge in [-0.1, -0.05) is 25.8 Å². The Hall–Kier alpha value is -2.56. The maximum atomic E-state index is 12.1. The predicted octanol–water partition coefficient (Wildman–Crippen LogP) is 3.75. The van der Waals surface area contributed by atoms with E-state index in [0.717, 1.165) is 36.4 Å². The number of carbonyl (C=O) groups is 1. The predicted molar refractivity (Wildman–Crippen MR) is 92.4 cm³/mol. The SMILES string of the molecule is CCCCCNC(=O)c1cncc(Nc2cccc(OC)c2)c1. The molecular formula is C18H23N3O2. The Bertz CT molecular complexity index is 644. The van der Waals surface area contributed by atoms with Crippen LogP contribution in [-0.4, -0.2) is 24.5 Å². The monoisotopic (exact) mass is 313 g/mol. The minimum atomic E-state index is -0.0945. The lowest BCUT2D eigenvalue weighted by atomic mass is 10.2. The van der Waals surface area contributed by atoms with Gasteiger partial charge in [0.1, 0.15) is 5.75 Å². The quantitative estimate of drug-likeness (QED) is 0.729. The van der Waals surface area contributed by atoms with Crippen molar-refractivity contribution in [2.24, 2.45) is 0 Å². The molecule has 0 radical (unpaired) electrons. The Balaban J connectivity index is 2.00. The van der Waals surface area contributed by atoms with E-state index in [1.807, 2.05) is 24.3 Å². The van der Waals surface area contributed by atoms with Crippen molar-refractivity contribution < 1.29 is 9.53 Å². The number of pyridine rings is 1. The van der Waals surface area contributed by atoms with Crippen LogP contribution in [0.15, 0.2) is 42.7 Å². The second-order valence-electron chi connectivity index (χ2n) is 5.28. The van der Waals surface area contributed by atoms with Gasteiger partial charge in [0.2, 0.25) is 0 Å². The van der Waals surface area contributed by atoms with Gasteiger partial charge < -0.3 is 15.4 Å². The van der Waals surface area contributed by atoms with Gasteiger partial charge in [-0.05, 0) is 24.6 Å². The zero-order valence-electron chi connectivity index (χ0n) is 13.6. The molecule has 122 valence electrons. The fourth-order valence-corrected chi connectivity index (χ4v) is 2.18. The number of anilines is 2. The number of hydrogen-bond donors (Lipinski definition) is 2. The summed E-state index contributed by atoms with van der Waals surface area (Å²) in [4.78, 5) is 16.2. The van der Waals surface area contributed by atoms with Crippen LogP contribution in [0.1, 0.15) is 36.5 Å². The highest BCUT2D eigenvalue weighted by atomic mass is 16.5. The molecule has 0 fully saturated rings. The number of methoxy groups -OCH3 is 1. The second-order valence-corrected chi connectivity index (χ2v) is 5.28. The molecular weight excluding hydrogens is 290 g/mol. The van der Waals surface area contributed by atoms with Gasteiger partial charge in [0.15, 0.2) is 0 Å². The van der Waals surface area contributed by atoms with Crippen molar-refractivity contribution >= 4 is 17.3 Å². The normalized spacial score (nSPS) is 10.2. The molecule has 0 bridgehead atoms. The van der Waals surface area contributed by atoms with Crippen LogP contribution in [0.2, 0.25) is 0 Å². The molecule has 0 spiro atoms. The highest BCUT2D eigenvalue weighted by Gasteiger charge is 2.06. The van der Waals surface area contributed by atoms with Gasteiger partial charge in [-0.15, -0.1) is 0 Å². The Labute approximate surface area is 137 Å². The molecule has 1 amide bonds. The van der Waals surface area contributed by atoms with Gasteiger partial charge >= 0.3 is 0 Å². The topological polar surface area (TPSA) is 63.2 Å². The van der Waals surface area contributed by atoms with E-state index in [1.165, 1.54) is 0 Å². The first kappa shape index (κ1) is 16.8. The summed E-state index contributed by atoms with van der Waals surface area (Å²) in [5.41, 5.74) is 2.19. The summed E-state index contributed by atoms with van der Waals surface area (Å²) < 4.78 is 5.20. The van der Waals surface area contributed by atoms with E-state index in [4.69, 9.17) is 4.74 Å². The lowest BCUT2D eigenvalue weighted by Gasteiger charge is -2.09. The molecule has 2 aromatic rings. The molecule has 2 N–H and O–H groups in total. The maximum Gasteiger partial charge on any atom is 0.252 e. The van der Waals surface area contributed by atoms with E-state index >= 15 is 0 Å². The highest BCUT2D eigenvalue weighted by Crippen LogP contribution is 2.21. The van der Waals surface area contributed by atoms with Crippen molar-refractivity contribution in [3.63, 3.8) is 0 Å².